The standard InChI is InChI=1S/C13H17BrO5/c1-7(2)19-12-9(11(15)13(16)18-4)5-8(14)6-10(12)17-3/h5-7,11,15H,1-4H3. The number of ether oxygens (including phenoxy) is 3. The highest BCUT2D eigenvalue weighted by Crippen LogP contribution is 2.39. The Morgan fingerprint density at radius 3 is 2.42 bits per heavy atom. The average molecular weight is 333 g/mol. The predicted octanol–water partition coefficient (Wildman–Crippen LogP) is 2.45. The van der Waals surface area contributed by atoms with Crippen molar-refractivity contribution in [2.24, 2.45) is 0 Å². The number of carbonyl (C=O) groups excluding carboxylic acids is 1. The van der Waals surface area contributed by atoms with Gasteiger partial charge in [-0.2, -0.15) is 0 Å². The normalized spacial score (nSPS) is 12.2. The third kappa shape index (κ3) is 3.84. The maximum atomic E-state index is 11.5. The topological polar surface area (TPSA) is 65.0 Å². The molecule has 0 spiro atoms. The lowest BCUT2D eigenvalue weighted by molar-refractivity contribution is -0.150. The molecule has 0 aliphatic rings. The van der Waals surface area contributed by atoms with Crippen LogP contribution >= 0.6 is 15.9 Å². The summed E-state index contributed by atoms with van der Waals surface area (Å²) >= 11 is 3.29. The van der Waals surface area contributed by atoms with Gasteiger partial charge in [0.15, 0.2) is 17.6 Å². The molecule has 1 atom stereocenters. The average Bonchev–Trinajstić information content (AvgIpc) is 2.37. The molecule has 5 nitrogen and oxygen atoms in total. The van der Waals surface area contributed by atoms with Crippen LogP contribution in [0, 0.1) is 0 Å². The molecule has 0 aliphatic carbocycles. The fraction of sp³-hybridized carbons (Fsp3) is 0.462. The van der Waals surface area contributed by atoms with Crippen molar-refractivity contribution < 1.29 is 24.1 Å². The summed E-state index contributed by atoms with van der Waals surface area (Å²) in [6, 6.07) is 3.30. The van der Waals surface area contributed by atoms with Gasteiger partial charge in [0.05, 0.1) is 20.3 Å². The van der Waals surface area contributed by atoms with Gasteiger partial charge in [-0.05, 0) is 26.0 Å². The third-order valence-electron chi connectivity index (χ3n) is 2.34. The Morgan fingerprint density at radius 1 is 1.32 bits per heavy atom. The predicted molar refractivity (Wildman–Crippen MR) is 73.4 cm³/mol. The number of aliphatic hydroxyl groups is 1. The number of hydrogen-bond donors (Lipinski definition) is 1. The van der Waals surface area contributed by atoms with Crippen molar-refractivity contribution in [2.75, 3.05) is 14.2 Å². The molecule has 1 unspecified atom stereocenters. The molecule has 0 fully saturated rings. The zero-order valence-electron chi connectivity index (χ0n) is 11.3. The minimum absolute atomic E-state index is 0.126. The lowest BCUT2D eigenvalue weighted by Gasteiger charge is -2.20. The molecule has 0 saturated carbocycles. The highest BCUT2D eigenvalue weighted by Gasteiger charge is 2.25. The van der Waals surface area contributed by atoms with Crippen LogP contribution in [-0.2, 0) is 9.53 Å². The lowest BCUT2D eigenvalue weighted by Crippen LogP contribution is -2.17. The molecular formula is C13H17BrO5. The summed E-state index contributed by atoms with van der Waals surface area (Å²) in [5, 5.41) is 10.00. The fourth-order valence-electron chi connectivity index (χ4n) is 1.54. The van der Waals surface area contributed by atoms with E-state index in [4.69, 9.17) is 9.47 Å². The minimum atomic E-state index is -1.43. The van der Waals surface area contributed by atoms with Gasteiger partial charge in [-0.15, -0.1) is 0 Å². The van der Waals surface area contributed by atoms with Crippen molar-refractivity contribution in [1.82, 2.24) is 0 Å². The van der Waals surface area contributed by atoms with Gasteiger partial charge in [-0.3, -0.25) is 0 Å². The van der Waals surface area contributed by atoms with Gasteiger partial charge >= 0.3 is 5.97 Å². The van der Waals surface area contributed by atoms with E-state index in [2.05, 4.69) is 20.7 Å². The third-order valence-corrected chi connectivity index (χ3v) is 2.80. The summed E-state index contributed by atoms with van der Waals surface area (Å²) in [5.74, 6) is 0.00777. The summed E-state index contributed by atoms with van der Waals surface area (Å²) in [7, 11) is 2.70. The van der Waals surface area contributed by atoms with Gasteiger partial charge in [0.2, 0.25) is 0 Å². The number of esters is 1. The monoisotopic (exact) mass is 332 g/mol. The van der Waals surface area contributed by atoms with E-state index in [9.17, 15) is 9.90 Å². The second-order valence-electron chi connectivity index (χ2n) is 4.12. The molecule has 1 aromatic carbocycles. The second-order valence-corrected chi connectivity index (χ2v) is 5.03. The van der Waals surface area contributed by atoms with E-state index in [1.54, 1.807) is 12.1 Å². The Kier molecular flexibility index (Phi) is 5.62. The minimum Gasteiger partial charge on any atom is -0.493 e. The molecule has 6 heteroatoms. The molecule has 1 rings (SSSR count). The van der Waals surface area contributed by atoms with Crippen molar-refractivity contribution in [1.29, 1.82) is 0 Å². The van der Waals surface area contributed by atoms with Gasteiger partial charge in [-0.1, -0.05) is 15.9 Å². The summed E-state index contributed by atoms with van der Waals surface area (Å²) in [5.41, 5.74) is 0.298. The Hall–Kier alpha value is -1.27. The van der Waals surface area contributed by atoms with Crippen LogP contribution in [0.2, 0.25) is 0 Å². The Bertz CT molecular complexity index is 459. The molecule has 1 N–H and O–H groups in total. The number of rotatable bonds is 5. The van der Waals surface area contributed by atoms with Crippen LogP contribution in [0.1, 0.15) is 25.5 Å². The zero-order valence-corrected chi connectivity index (χ0v) is 12.9. The summed E-state index contributed by atoms with van der Waals surface area (Å²) in [6.45, 7) is 3.69. The van der Waals surface area contributed by atoms with Crippen molar-refractivity contribution in [3.05, 3.63) is 22.2 Å². The van der Waals surface area contributed by atoms with Crippen LogP contribution in [-0.4, -0.2) is 31.4 Å². The quantitative estimate of drug-likeness (QED) is 0.839. The number of aliphatic hydroxyl groups excluding tert-OH is 1. The van der Waals surface area contributed by atoms with E-state index in [0.29, 0.717) is 21.5 Å². The second kappa shape index (κ2) is 6.77. The van der Waals surface area contributed by atoms with Crippen LogP contribution in [0.15, 0.2) is 16.6 Å². The molecule has 0 radical (unpaired) electrons. The van der Waals surface area contributed by atoms with Crippen molar-refractivity contribution in [3.8, 4) is 11.5 Å². The van der Waals surface area contributed by atoms with Crippen molar-refractivity contribution >= 4 is 21.9 Å². The first-order chi connectivity index (χ1) is 8.90. The Labute approximate surface area is 120 Å². The van der Waals surface area contributed by atoms with Crippen LogP contribution in [0.25, 0.3) is 0 Å². The van der Waals surface area contributed by atoms with Crippen molar-refractivity contribution in [2.45, 2.75) is 26.1 Å². The Balaban J connectivity index is 3.33. The first-order valence-corrected chi connectivity index (χ1v) is 6.50. The summed E-state index contributed by atoms with van der Waals surface area (Å²) in [6.07, 6.45) is -1.55. The highest BCUT2D eigenvalue weighted by atomic mass is 79.9. The van der Waals surface area contributed by atoms with Gasteiger partial charge in [0.1, 0.15) is 0 Å². The van der Waals surface area contributed by atoms with Crippen molar-refractivity contribution in [3.63, 3.8) is 0 Å². The fourth-order valence-corrected chi connectivity index (χ4v) is 2.00. The van der Waals surface area contributed by atoms with Gasteiger partial charge in [0, 0.05) is 10.0 Å². The molecular weight excluding hydrogens is 316 g/mol. The number of methoxy groups -OCH3 is 2. The smallest absolute Gasteiger partial charge is 0.339 e. The van der Waals surface area contributed by atoms with E-state index in [0.717, 1.165) is 0 Å². The largest absolute Gasteiger partial charge is 0.493 e. The molecule has 106 valence electrons. The van der Waals surface area contributed by atoms with Crippen LogP contribution in [0.4, 0.5) is 0 Å². The molecule has 0 bridgehead atoms. The van der Waals surface area contributed by atoms with E-state index in [-0.39, 0.29) is 6.10 Å². The SMILES string of the molecule is COC(=O)C(O)c1cc(Br)cc(OC)c1OC(C)C. The van der Waals surface area contributed by atoms with E-state index < -0.39 is 12.1 Å². The maximum Gasteiger partial charge on any atom is 0.339 e. The van der Waals surface area contributed by atoms with Gasteiger partial charge in [0.25, 0.3) is 0 Å². The summed E-state index contributed by atoms with van der Waals surface area (Å²) < 4.78 is 16.0. The van der Waals surface area contributed by atoms with Crippen LogP contribution < -0.4 is 9.47 Å². The Morgan fingerprint density at radius 2 is 1.95 bits per heavy atom. The lowest BCUT2D eigenvalue weighted by atomic mass is 10.1. The molecule has 0 saturated heterocycles. The number of hydrogen-bond acceptors (Lipinski definition) is 5. The van der Waals surface area contributed by atoms with Crippen LogP contribution in [0.3, 0.4) is 0 Å². The van der Waals surface area contributed by atoms with E-state index >= 15 is 0 Å². The molecule has 19 heavy (non-hydrogen) atoms. The maximum absolute atomic E-state index is 11.5. The van der Waals surface area contributed by atoms with Gasteiger partial charge in [-0.25, -0.2) is 4.79 Å². The number of carbonyl (C=O) groups is 1. The van der Waals surface area contributed by atoms with Crippen LogP contribution in [0.5, 0.6) is 11.5 Å². The number of halogens is 1. The van der Waals surface area contributed by atoms with Gasteiger partial charge < -0.3 is 19.3 Å². The number of benzene rings is 1. The molecule has 0 aliphatic heterocycles. The zero-order chi connectivity index (χ0) is 14.6. The first kappa shape index (κ1) is 15.8. The highest BCUT2D eigenvalue weighted by molar-refractivity contribution is 9.10. The molecule has 1 aromatic rings. The molecule has 0 heterocycles. The summed E-state index contributed by atoms with van der Waals surface area (Å²) in [4.78, 5) is 11.5. The van der Waals surface area contributed by atoms with E-state index in [1.807, 2.05) is 13.8 Å². The molecule has 0 aromatic heterocycles. The first-order valence-electron chi connectivity index (χ1n) is 5.70. The van der Waals surface area contributed by atoms with E-state index in [1.165, 1.54) is 14.2 Å². The molecule has 0 amide bonds.